The van der Waals surface area contributed by atoms with Gasteiger partial charge in [-0.25, -0.2) is 14.4 Å². The molecular weight excluding hydrogens is 497 g/mol. The lowest BCUT2D eigenvalue weighted by molar-refractivity contribution is -0.113. The van der Waals surface area contributed by atoms with Gasteiger partial charge in [0.25, 0.3) is 0 Å². The van der Waals surface area contributed by atoms with E-state index in [2.05, 4.69) is 20.6 Å². The van der Waals surface area contributed by atoms with E-state index in [0.29, 0.717) is 49.2 Å². The van der Waals surface area contributed by atoms with Crippen LogP contribution in [0.2, 0.25) is 5.02 Å². The number of aliphatic imine (C=N–C) groups is 2. The van der Waals surface area contributed by atoms with Gasteiger partial charge in [0, 0.05) is 37.4 Å². The molecule has 4 N–H and O–H groups in total. The van der Waals surface area contributed by atoms with E-state index in [4.69, 9.17) is 26.8 Å². The van der Waals surface area contributed by atoms with Crippen molar-refractivity contribution in [3.05, 3.63) is 93.8 Å². The van der Waals surface area contributed by atoms with Gasteiger partial charge in [-0.05, 0) is 35.4 Å². The summed E-state index contributed by atoms with van der Waals surface area (Å²) in [4.78, 5) is 19.8. The van der Waals surface area contributed by atoms with E-state index in [0.717, 1.165) is 16.8 Å². The molecule has 0 saturated carbocycles. The summed E-state index contributed by atoms with van der Waals surface area (Å²) in [5.74, 6) is 0.763. The number of methoxy groups -OCH3 is 1. The molecule has 2 aromatic rings. The molecule has 0 radical (unpaired) electrons. The Morgan fingerprint density at radius 1 is 1.32 bits per heavy atom. The number of carbonyl (C=O) groups excluding carboxylic acids is 1. The van der Waals surface area contributed by atoms with Crippen molar-refractivity contribution in [3.63, 3.8) is 0 Å². The molecule has 37 heavy (non-hydrogen) atoms. The number of rotatable bonds is 10. The van der Waals surface area contributed by atoms with E-state index >= 15 is 0 Å². The number of benzene rings is 2. The molecule has 1 amide bonds. The van der Waals surface area contributed by atoms with Crippen molar-refractivity contribution in [2.45, 2.75) is 13.0 Å². The number of amidine groups is 1. The molecule has 0 spiro atoms. The summed E-state index contributed by atoms with van der Waals surface area (Å²) in [6.07, 6.45) is 6.96. The van der Waals surface area contributed by atoms with Gasteiger partial charge in [-0.1, -0.05) is 35.9 Å². The second-order valence-electron chi connectivity index (χ2n) is 8.32. The van der Waals surface area contributed by atoms with Crippen LogP contribution in [-0.4, -0.2) is 38.3 Å². The van der Waals surface area contributed by atoms with Crippen molar-refractivity contribution in [2.24, 2.45) is 21.6 Å². The van der Waals surface area contributed by atoms with Crippen molar-refractivity contribution in [3.8, 4) is 0 Å². The molecule has 1 heterocycles. The first kappa shape index (κ1) is 26.1. The smallest absolute Gasteiger partial charge is 0.241 e. The topological polar surface area (TPSA) is 110 Å². The number of carbonyl (C=O) groups is 1. The fraction of sp³-hybridized carbons (Fsp3) is 0.222. The van der Waals surface area contributed by atoms with Crippen LogP contribution in [0, 0.1) is 11.7 Å². The lowest BCUT2D eigenvalue weighted by atomic mass is 9.92. The SMILES string of the molecule is COC1=C(OCCNCc2ccc(/C=C/C(N)=O)cc2)CC2C(=C1)NC=NC2=Nc1ccc(F)c(Cl)c1. The van der Waals surface area contributed by atoms with Gasteiger partial charge in [-0.15, -0.1) is 0 Å². The number of halogens is 2. The van der Waals surface area contributed by atoms with Gasteiger partial charge in [0.15, 0.2) is 5.76 Å². The van der Waals surface area contributed by atoms with Crippen molar-refractivity contribution in [2.75, 3.05) is 20.3 Å². The summed E-state index contributed by atoms with van der Waals surface area (Å²) in [5, 5.41) is 6.51. The maximum atomic E-state index is 13.5. The van der Waals surface area contributed by atoms with Crippen LogP contribution in [0.5, 0.6) is 0 Å². The first-order valence-corrected chi connectivity index (χ1v) is 12.0. The highest BCUT2D eigenvalue weighted by Crippen LogP contribution is 2.33. The zero-order chi connectivity index (χ0) is 26.2. The summed E-state index contributed by atoms with van der Waals surface area (Å²) < 4.78 is 25.1. The number of ether oxygens (including phenoxy) is 2. The number of hydrogen-bond acceptors (Lipinski definition) is 6. The first-order chi connectivity index (χ1) is 17.9. The minimum absolute atomic E-state index is 0.00752. The molecule has 0 bridgehead atoms. The second-order valence-corrected chi connectivity index (χ2v) is 8.73. The summed E-state index contributed by atoms with van der Waals surface area (Å²) in [5.41, 5.74) is 8.54. The molecule has 0 aromatic heterocycles. The Kier molecular flexibility index (Phi) is 8.71. The molecular formula is C27H27ClFN5O3. The highest BCUT2D eigenvalue weighted by molar-refractivity contribution is 6.31. The van der Waals surface area contributed by atoms with Crippen LogP contribution in [0.1, 0.15) is 17.5 Å². The summed E-state index contributed by atoms with van der Waals surface area (Å²) in [7, 11) is 1.60. The van der Waals surface area contributed by atoms with Crippen molar-refractivity contribution >= 4 is 41.4 Å². The van der Waals surface area contributed by atoms with Crippen LogP contribution in [0.25, 0.3) is 6.08 Å². The molecule has 8 nitrogen and oxygen atoms in total. The van der Waals surface area contributed by atoms with Gasteiger partial charge in [0.1, 0.15) is 24.0 Å². The molecule has 0 fully saturated rings. The molecule has 2 aliphatic rings. The van der Waals surface area contributed by atoms with Gasteiger partial charge >= 0.3 is 0 Å². The molecule has 1 aliphatic carbocycles. The minimum atomic E-state index is -0.496. The van der Waals surface area contributed by atoms with Gasteiger partial charge in [-0.3, -0.25) is 4.79 Å². The highest BCUT2D eigenvalue weighted by Gasteiger charge is 2.31. The number of nitrogens with one attached hydrogen (secondary N) is 2. The zero-order valence-electron chi connectivity index (χ0n) is 20.2. The van der Waals surface area contributed by atoms with Crippen LogP contribution < -0.4 is 16.4 Å². The molecule has 1 atom stereocenters. The molecule has 10 heteroatoms. The fourth-order valence-electron chi connectivity index (χ4n) is 3.85. The Hall–Kier alpha value is -3.95. The number of nitrogens with zero attached hydrogens (tertiary/aromatic N) is 2. The minimum Gasteiger partial charge on any atom is -0.493 e. The second kappa shape index (κ2) is 12.3. The highest BCUT2D eigenvalue weighted by atomic mass is 35.5. The lowest BCUT2D eigenvalue weighted by Gasteiger charge is -2.29. The molecule has 192 valence electrons. The Morgan fingerprint density at radius 2 is 2.14 bits per heavy atom. The lowest BCUT2D eigenvalue weighted by Crippen LogP contribution is -2.33. The number of amides is 1. The Labute approximate surface area is 219 Å². The summed E-state index contributed by atoms with van der Waals surface area (Å²) in [6, 6.07) is 12.1. The van der Waals surface area contributed by atoms with E-state index in [1.54, 1.807) is 25.6 Å². The number of fused-ring (bicyclic) bond motifs is 1. The maximum Gasteiger partial charge on any atom is 0.241 e. The molecule has 0 saturated heterocycles. The quantitative estimate of drug-likeness (QED) is 0.319. The molecule has 1 unspecified atom stereocenters. The van der Waals surface area contributed by atoms with E-state index in [1.807, 2.05) is 30.3 Å². The van der Waals surface area contributed by atoms with Crippen LogP contribution in [0.4, 0.5) is 10.1 Å². The van der Waals surface area contributed by atoms with Gasteiger partial charge in [0.05, 0.1) is 30.1 Å². The number of allylic oxidation sites excluding steroid dienone is 2. The van der Waals surface area contributed by atoms with Gasteiger partial charge < -0.3 is 25.8 Å². The molecule has 4 rings (SSSR count). The third kappa shape index (κ3) is 7.05. The first-order valence-electron chi connectivity index (χ1n) is 11.6. The maximum absolute atomic E-state index is 13.5. The Morgan fingerprint density at radius 3 is 2.86 bits per heavy atom. The van der Waals surface area contributed by atoms with Crippen LogP contribution in [0.3, 0.4) is 0 Å². The van der Waals surface area contributed by atoms with Crippen LogP contribution in [0.15, 0.2) is 81.8 Å². The Bertz CT molecular complexity index is 1300. The third-order valence-electron chi connectivity index (χ3n) is 5.74. The fourth-order valence-corrected chi connectivity index (χ4v) is 4.03. The van der Waals surface area contributed by atoms with Crippen LogP contribution >= 0.6 is 11.6 Å². The van der Waals surface area contributed by atoms with Gasteiger partial charge in [0.2, 0.25) is 5.91 Å². The van der Waals surface area contributed by atoms with E-state index in [-0.39, 0.29) is 10.9 Å². The predicted octanol–water partition coefficient (Wildman–Crippen LogP) is 4.21. The third-order valence-corrected chi connectivity index (χ3v) is 6.03. The van der Waals surface area contributed by atoms with Crippen LogP contribution in [-0.2, 0) is 20.8 Å². The standard InChI is InChI=1S/C27H27ClFN5O3/c1-36-24-14-23-20(27(33-16-32-23)34-19-7-8-22(29)21(28)12-19)13-25(24)37-11-10-31-15-18-4-2-17(3-5-18)6-9-26(30)35/h2-9,12,14,16,20,31H,10-11,13,15H2,1H3,(H2,30,35)(H,32,33,34)/b9-6+. The average Bonchev–Trinajstić information content (AvgIpc) is 2.90. The largest absolute Gasteiger partial charge is 0.493 e. The average molecular weight is 524 g/mol. The molecule has 1 aliphatic heterocycles. The molecule has 2 aromatic carbocycles. The number of hydrogen-bond donors (Lipinski definition) is 3. The van der Waals surface area contributed by atoms with Crippen molar-refractivity contribution in [1.82, 2.24) is 10.6 Å². The normalized spacial score (nSPS) is 18.0. The summed E-state index contributed by atoms with van der Waals surface area (Å²) in [6.45, 7) is 1.73. The monoisotopic (exact) mass is 523 g/mol. The van der Waals surface area contributed by atoms with E-state index < -0.39 is 11.7 Å². The van der Waals surface area contributed by atoms with Gasteiger partial charge in [-0.2, -0.15) is 0 Å². The predicted molar refractivity (Wildman–Crippen MR) is 143 cm³/mol. The van der Waals surface area contributed by atoms with E-state index in [1.165, 1.54) is 18.2 Å². The zero-order valence-corrected chi connectivity index (χ0v) is 21.0. The number of primary amides is 1. The van der Waals surface area contributed by atoms with E-state index in [9.17, 15) is 9.18 Å². The van der Waals surface area contributed by atoms with Crippen molar-refractivity contribution < 1.29 is 18.7 Å². The number of nitrogens with two attached hydrogens (primary N) is 1. The van der Waals surface area contributed by atoms with Crippen molar-refractivity contribution in [1.29, 1.82) is 0 Å². The Balaban J connectivity index is 1.33. The summed E-state index contributed by atoms with van der Waals surface area (Å²) >= 11 is 5.91.